The maximum atomic E-state index is 13.1. The number of imide groups is 1. The number of ether oxygens (including phenoxy) is 1. The molecule has 4 rings (SSSR count). The predicted molar refractivity (Wildman–Crippen MR) is 137 cm³/mol. The van der Waals surface area contributed by atoms with Gasteiger partial charge in [0.15, 0.2) is 0 Å². The van der Waals surface area contributed by atoms with E-state index >= 15 is 0 Å². The molecule has 36 heavy (non-hydrogen) atoms. The van der Waals surface area contributed by atoms with Crippen molar-refractivity contribution in [1.82, 2.24) is 0 Å². The lowest BCUT2D eigenvalue weighted by Crippen LogP contribution is -2.32. The average molecular weight is 504 g/mol. The Labute approximate surface area is 212 Å². The second-order valence-electron chi connectivity index (χ2n) is 7.84. The van der Waals surface area contributed by atoms with E-state index in [1.807, 2.05) is 25.1 Å². The summed E-state index contributed by atoms with van der Waals surface area (Å²) in [7, 11) is 0. The van der Waals surface area contributed by atoms with Crippen molar-refractivity contribution >= 4 is 52.4 Å². The van der Waals surface area contributed by atoms with Crippen LogP contribution in [-0.4, -0.2) is 30.3 Å². The van der Waals surface area contributed by atoms with Gasteiger partial charge in [-0.3, -0.25) is 14.4 Å². The lowest BCUT2D eigenvalue weighted by Gasteiger charge is -2.15. The van der Waals surface area contributed by atoms with Crippen molar-refractivity contribution in [3.8, 4) is 0 Å². The fraction of sp³-hybridized carbons (Fsp3) is 0.111. The Morgan fingerprint density at radius 2 is 1.56 bits per heavy atom. The second-order valence-corrected chi connectivity index (χ2v) is 8.22. The van der Waals surface area contributed by atoms with Crippen LogP contribution < -0.4 is 15.5 Å². The summed E-state index contributed by atoms with van der Waals surface area (Å²) >= 11 is 6.22. The van der Waals surface area contributed by atoms with Gasteiger partial charge in [0.2, 0.25) is 0 Å². The van der Waals surface area contributed by atoms with E-state index in [2.05, 4.69) is 10.6 Å². The van der Waals surface area contributed by atoms with Crippen molar-refractivity contribution in [2.75, 3.05) is 22.1 Å². The zero-order valence-electron chi connectivity index (χ0n) is 19.3. The number of halogens is 1. The van der Waals surface area contributed by atoms with Crippen LogP contribution in [0.2, 0.25) is 0 Å². The maximum Gasteiger partial charge on any atom is 0.338 e. The molecule has 0 atom stereocenters. The summed E-state index contributed by atoms with van der Waals surface area (Å²) in [4.78, 5) is 51.4. The standard InChI is InChI=1S/C27H22ClN3O5/c1-2-15-36-27(35)17-11-13-21(14-12-17)31-25(33)22(28)23(26(31)34)29-20-10-6-7-18(16-20)24(32)30-19-8-4-3-5-9-19/h3-14,16,29H,2,15H2,1H3,(H,30,32). The molecule has 0 saturated heterocycles. The van der Waals surface area contributed by atoms with Gasteiger partial charge in [-0.25, -0.2) is 9.69 Å². The van der Waals surface area contributed by atoms with Gasteiger partial charge in [-0.05, 0) is 61.0 Å². The van der Waals surface area contributed by atoms with Gasteiger partial charge < -0.3 is 15.4 Å². The van der Waals surface area contributed by atoms with Gasteiger partial charge in [0.1, 0.15) is 10.7 Å². The summed E-state index contributed by atoms with van der Waals surface area (Å²) in [5.41, 5.74) is 1.83. The molecular formula is C27H22ClN3O5. The van der Waals surface area contributed by atoms with Crippen LogP contribution in [-0.2, 0) is 14.3 Å². The van der Waals surface area contributed by atoms with E-state index in [0.29, 0.717) is 35.5 Å². The summed E-state index contributed by atoms with van der Waals surface area (Å²) in [5, 5.41) is 5.37. The van der Waals surface area contributed by atoms with Crippen LogP contribution in [0.15, 0.2) is 89.6 Å². The Hall–Kier alpha value is -4.43. The molecule has 0 spiro atoms. The maximum absolute atomic E-state index is 13.1. The Kier molecular flexibility index (Phi) is 7.46. The number of hydrogen-bond donors (Lipinski definition) is 2. The fourth-order valence-electron chi connectivity index (χ4n) is 3.48. The van der Waals surface area contributed by atoms with Crippen molar-refractivity contribution in [1.29, 1.82) is 0 Å². The van der Waals surface area contributed by atoms with Crippen LogP contribution in [0.1, 0.15) is 34.1 Å². The van der Waals surface area contributed by atoms with E-state index < -0.39 is 17.8 Å². The Morgan fingerprint density at radius 1 is 0.861 bits per heavy atom. The summed E-state index contributed by atoms with van der Waals surface area (Å²) in [6.07, 6.45) is 0.696. The number of hydrogen-bond acceptors (Lipinski definition) is 6. The molecule has 0 radical (unpaired) electrons. The quantitative estimate of drug-likeness (QED) is 0.333. The molecule has 182 valence electrons. The van der Waals surface area contributed by atoms with Gasteiger partial charge in [0.05, 0.1) is 17.9 Å². The van der Waals surface area contributed by atoms with E-state index in [1.165, 1.54) is 24.3 Å². The van der Waals surface area contributed by atoms with Crippen molar-refractivity contribution in [3.05, 3.63) is 101 Å². The van der Waals surface area contributed by atoms with Crippen molar-refractivity contribution in [3.63, 3.8) is 0 Å². The average Bonchev–Trinajstić information content (AvgIpc) is 3.11. The van der Waals surface area contributed by atoms with Crippen LogP contribution in [0.4, 0.5) is 17.1 Å². The van der Waals surface area contributed by atoms with Crippen molar-refractivity contribution in [2.45, 2.75) is 13.3 Å². The minimum absolute atomic E-state index is 0.117. The molecule has 3 aromatic rings. The number of rotatable bonds is 8. The molecule has 0 bridgehead atoms. The Balaban J connectivity index is 1.49. The molecule has 3 amide bonds. The third-order valence-electron chi connectivity index (χ3n) is 5.25. The first-order chi connectivity index (χ1) is 17.4. The predicted octanol–water partition coefficient (Wildman–Crippen LogP) is 4.94. The highest BCUT2D eigenvalue weighted by atomic mass is 35.5. The van der Waals surface area contributed by atoms with Gasteiger partial charge in [-0.2, -0.15) is 0 Å². The fourth-order valence-corrected chi connectivity index (χ4v) is 3.69. The molecule has 9 heteroatoms. The third-order valence-corrected chi connectivity index (χ3v) is 5.60. The number of nitrogens with one attached hydrogen (secondary N) is 2. The normalized spacial score (nSPS) is 13.1. The number of para-hydroxylation sites is 1. The summed E-state index contributed by atoms with van der Waals surface area (Å²) in [6, 6.07) is 21.4. The molecule has 0 unspecified atom stereocenters. The highest BCUT2D eigenvalue weighted by molar-refractivity contribution is 6.53. The molecule has 1 heterocycles. The van der Waals surface area contributed by atoms with Crippen LogP contribution in [0, 0.1) is 0 Å². The molecule has 3 aromatic carbocycles. The Morgan fingerprint density at radius 3 is 2.25 bits per heavy atom. The highest BCUT2D eigenvalue weighted by Crippen LogP contribution is 2.30. The summed E-state index contributed by atoms with van der Waals surface area (Å²) in [6.45, 7) is 2.19. The van der Waals surface area contributed by atoms with E-state index in [1.54, 1.807) is 36.4 Å². The van der Waals surface area contributed by atoms with Crippen molar-refractivity contribution in [2.24, 2.45) is 0 Å². The number of anilines is 3. The number of amides is 3. The second kappa shape index (κ2) is 10.9. The summed E-state index contributed by atoms with van der Waals surface area (Å²) < 4.78 is 5.09. The molecule has 1 aliphatic heterocycles. The molecule has 0 fully saturated rings. The summed E-state index contributed by atoms with van der Waals surface area (Å²) in [5.74, 6) is -2.19. The molecule has 0 aliphatic carbocycles. The Bertz CT molecular complexity index is 1350. The largest absolute Gasteiger partial charge is 0.462 e. The molecule has 8 nitrogen and oxygen atoms in total. The van der Waals surface area contributed by atoms with Gasteiger partial charge >= 0.3 is 5.97 Å². The van der Waals surface area contributed by atoms with Crippen molar-refractivity contribution < 1.29 is 23.9 Å². The zero-order valence-corrected chi connectivity index (χ0v) is 20.0. The first-order valence-corrected chi connectivity index (χ1v) is 11.6. The number of carbonyl (C=O) groups is 4. The molecule has 0 aromatic heterocycles. The third kappa shape index (κ3) is 5.29. The first-order valence-electron chi connectivity index (χ1n) is 11.2. The van der Waals surface area contributed by atoms with E-state index in [-0.39, 0.29) is 22.3 Å². The zero-order chi connectivity index (χ0) is 25.7. The van der Waals surface area contributed by atoms with E-state index in [4.69, 9.17) is 16.3 Å². The van der Waals surface area contributed by atoms with Crippen LogP contribution in [0.3, 0.4) is 0 Å². The lowest BCUT2D eigenvalue weighted by molar-refractivity contribution is -0.120. The molecule has 0 saturated carbocycles. The van der Waals surface area contributed by atoms with Crippen LogP contribution in [0.25, 0.3) is 0 Å². The van der Waals surface area contributed by atoms with E-state index in [9.17, 15) is 19.2 Å². The number of nitrogens with zero attached hydrogens (tertiary/aromatic N) is 1. The van der Waals surface area contributed by atoms with E-state index in [0.717, 1.165) is 4.90 Å². The SMILES string of the molecule is CCCOC(=O)c1ccc(N2C(=O)C(Cl)=C(Nc3cccc(C(=O)Nc4ccccc4)c3)C2=O)cc1. The van der Waals surface area contributed by atoms with Gasteiger partial charge in [0, 0.05) is 16.9 Å². The van der Waals surface area contributed by atoms with Gasteiger partial charge in [0.25, 0.3) is 17.7 Å². The minimum atomic E-state index is -0.705. The smallest absolute Gasteiger partial charge is 0.338 e. The molecule has 1 aliphatic rings. The molecular weight excluding hydrogens is 482 g/mol. The highest BCUT2D eigenvalue weighted by Gasteiger charge is 2.39. The number of esters is 1. The van der Waals surface area contributed by atoms with Gasteiger partial charge in [-0.15, -0.1) is 0 Å². The number of carbonyl (C=O) groups excluding carboxylic acids is 4. The topological polar surface area (TPSA) is 105 Å². The first kappa shape index (κ1) is 24.7. The van der Waals surface area contributed by atoms with Gasteiger partial charge in [-0.1, -0.05) is 42.8 Å². The monoisotopic (exact) mass is 503 g/mol. The number of benzene rings is 3. The lowest BCUT2D eigenvalue weighted by atomic mass is 10.1. The minimum Gasteiger partial charge on any atom is -0.462 e. The molecule has 2 N–H and O–H groups in total. The van der Waals surface area contributed by atoms with Crippen LogP contribution in [0.5, 0.6) is 0 Å². The van der Waals surface area contributed by atoms with Crippen LogP contribution >= 0.6 is 11.6 Å².